The van der Waals surface area contributed by atoms with Crippen molar-refractivity contribution in [3.05, 3.63) is 95.1 Å². The summed E-state index contributed by atoms with van der Waals surface area (Å²) in [7, 11) is 1.00. The van der Waals surface area contributed by atoms with Crippen LogP contribution >= 0.6 is 0 Å². The number of fused-ring (bicyclic) bond motifs is 1. The standard InChI is InChI=1S/C32H38O4.C6H12O.CH4O/c1-32(2,3)36-26-16-18-30-24(19-26)11-17-29(22-7-5-4-6-8-22)31(30)23-9-12-25(13-10-23)34-21-28-15-14-27(20-33)35-28;1-2-6-4-3-5-7-6;1-2/h4-10,12-13,16,18-19,27-29,31,33H,11,14-15,17,20-21H2,1-3H3;6H,2-5H2,1H3;2H,1H3. The largest absolute Gasteiger partial charge is 0.491 e. The van der Waals surface area contributed by atoms with Crippen LogP contribution in [-0.4, -0.2) is 61.1 Å². The molecule has 6 heteroatoms. The van der Waals surface area contributed by atoms with Gasteiger partial charge in [0, 0.05) is 19.6 Å². The molecule has 2 heterocycles. The third kappa shape index (κ3) is 10.0. The zero-order chi connectivity index (χ0) is 32.2. The Balaban J connectivity index is 0.000000447. The first-order chi connectivity index (χ1) is 21.8. The van der Waals surface area contributed by atoms with E-state index in [9.17, 15) is 5.11 Å². The number of hydrogen-bond donors (Lipinski definition) is 2. The smallest absolute Gasteiger partial charge is 0.120 e. The van der Waals surface area contributed by atoms with Gasteiger partial charge in [-0.15, -0.1) is 0 Å². The second-order valence-electron chi connectivity index (χ2n) is 13.2. The first kappa shape index (κ1) is 35.0. The molecule has 0 aromatic heterocycles. The maximum Gasteiger partial charge on any atom is 0.120 e. The molecule has 0 spiro atoms. The summed E-state index contributed by atoms with van der Waals surface area (Å²) in [6.07, 6.45) is 8.34. The Hall–Kier alpha value is -2.90. The zero-order valence-corrected chi connectivity index (χ0v) is 27.9. The molecule has 1 aliphatic carbocycles. The lowest BCUT2D eigenvalue weighted by Crippen LogP contribution is -2.24. The van der Waals surface area contributed by atoms with Gasteiger partial charge in [-0.3, -0.25) is 0 Å². The van der Waals surface area contributed by atoms with Gasteiger partial charge in [0.25, 0.3) is 0 Å². The minimum absolute atomic E-state index is 0.0448. The van der Waals surface area contributed by atoms with E-state index >= 15 is 0 Å². The molecular formula is C39H54O6. The quantitative estimate of drug-likeness (QED) is 0.268. The van der Waals surface area contributed by atoms with Crippen LogP contribution in [-0.2, 0) is 15.9 Å². The van der Waals surface area contributed by atoms with Crippen molar-refractivity contribution >= 4 is 0 Å². The molecule has 6 nitrogen and oxygen atoms in total. The van der Waals surface area contributed by atoms with Crippen molar-refractivity contribution in [2.75, 3.05) is 26.9 Å². The van der Waals surface area contributed by atoms with Crippen LogP contribution in [0, 0.1) is 0 Å². The molecule has 2 aliphatic heterocycles. The molecule has 3 aromatic rings. The predicted molar refractivity (Wildman–Crippen MR) is 180 cm³/mol. The van der Waals surface area contributed by atoms with Gasteiger partial charge in [-0.05, 0) is 118 Å². The lowest BCUT2D eigenvalue weighted by molar-refractivity contribution is -0.00722. The van der Waals surface area contributed by atoms with Gasteiger partial charge in [0.15, 0.2) is 0 Å². The summed E-state index contributed by atoms with van der Waals surface area (Å²) < 4.78 is 23.3. The van der Waals surface area contributed by atoms with Crippen molar-refractivity contribution in [3.63, 3.8) is 0 Å². The van der Waals surface area contributed by atoms with Crippen LogP contribution in [0.1, 0.15) is 100 Å². The van der Waals surface area contributed by atoms with Crippen molar-refractivity contribution in [2.24, 2.45) is 0 Å². The highest BCUT2D eigenvalue weighted by molar-refractivity contribution is 5.48. The Morgan fingerprint density at radius 2 is 1.51 bits per heavy atom. The molecule has 246 valence electrons. The molecule has 2 saturated heterocycles. The number of aliphatic hydroxyl groups is 2. The first-order valence-electron chi connectivity index (χ1n) is 16.7. The maximum atomic E-state index is 9.29. The van der Waals surface area contributed by atoms with Gasteiger partial charge in [-0.2, -0.15) is 0 Å². The summed E-state index contributed by atoms with van der Waals surface area (Å²) in [4.78, 5) is 0. The number of hydrogen-bond acceptors (Lipinski definition) is 6. The Labute approximate surface area is 270 Å². The molecule has 0 bridgehead atoms. The fraction of sp³-hybridized carbons (Fsp3) is 0.538. The molecule has 0 radical (unpaired) electrons. The van der Waals surface area contributed by atoms with Gasteiger partial charge in [0.2, 0.25) is 0 Å². The van der Waals surface area contributed by atoms with E-state index in [1.165, 1.54) is 41.5 Å². The van der Waals surface area contributed by atoms with E-state index in [1.807, 2.05) is 0 Å². The highest BCUT2D eigenvalue weighted by Crippen LogP contribution is 2.47. The summed E-state index contributed by atoms with van der Waals surface area (Å²) in [5, 5.41) is 16.3. The van der Waals surface area contributed by atoms with Gasteiger partial charge in [0.1, 0.15) is 23.7 Å². The second-order valence-corrected chi connectivity index (χ2v) is 13.2. The predicted octanol–water partition coefficient (Wildman–Crippen LogP) is 7.83. The number of ether oxygens (including phenoxy) is 4. The highest BCUT2D eigenvalue weighted by Gasteiger charge is 2.32. The van der Waals surface area contributed by atoms with Crippen molar-refractivity contribution in [3.8, 4) is 11.5 Å². The van der Waals surface area contributed by atoms with Crippen LogP contribution in [0.5, 0.6) is 11.5 Å². The van der Waals surface area contributed by atoms with Crippen molar-refractivity contribution < 1.29 is 29.2 Å². The van der Waals surface area contributed by atoms with Crippen molar-refractivity contribution in [1.29, 1.82) is 0 Å². The fourth-order valence-electron chi connectivity index (χ4n) is 6.65. The van der Waals surface area contributed by atoms with Gasteiger partial charge in [-0.1, -0.05) is 55.5 Å². The molecule has 45 heavy (non-hydrogen) atoms. The van der Waals surface area contributed by atoms with Gasteiger partial charge >= 0.3 is 0 Å². The zero-order valence-electron chi connectivity index (χ0n) is 27.9. The molecule has 5 atom stereocenters. The second kappa shape index (κ2) is 17.1. The van der Waals surface area contributed by atoms with E-state index < -0.39 is 0 Å². The first-order valence-corrected chi connectivity index (χ1v) is 16.7. The summed E-state index contributed by atoms with van der Waals surface area (Å²) in [5.74, 6) is 2.50. The third-order valence-corrected chi connectivity index (χ3v) is 8.78. The molecule has 3 aromatic carbocycles. The van der Waals surface area contributed by atoms with E-state index in [0.717, 1.165) is 50.9 Å². The highest BCUT2D eigenvalue weighted by atomic mass is 16.5. The Morgan fingerprint density at radius 3 is 2.11 bits per heavy atom. The van der Waals surface area contributed by atoms with Crippen LogP contribution in [0.4, 0.5) is 0 Å². The SMILES string of the molecule is CC(C)(C)Oc1ccc2c(c1)CCC(c1ccccc1)C2c1ccc(OCC2CCC(CO)O2)cc1.CCC1CCCO1.CO. The molecule has 6 rings (SSSR count). The van der Waals surface area contributed by atoms with E-state index in [-0.39, 0.29) is 30.3 Å². The maximum absolute atomic E-state index is 9.29. The van der Waals surface area contributed by atoms with Crippen LogP contribution < -0.4 is 9.47 Å². The van der Waals surface area contributed by atoms with Crippen LogP contribution in [0.15, 0.2) is 72.8 Å². The molecular weight excluding hydrogens is 564 g/mol. The normalized spacial score (nSPS) is 24.0. The average molecular weight is 619 g/mol. The minimum Gasteiger partial charge on any atom is -0.491 e. The van der Waals surface area contributed by atoms with Crippen molar-refractivity contribution in [1.82, 2.24) is 0 Å². The van der Waals surface area contributed by atoms with Crippen LogP contribution in [0.25, 0.3) is 0 Å². The van der Waals surface area contributed by atoms with E-state index in [0.29, 0.717) is 18.6 Å². The monoisotopic (exact) mass is 618 g/mol. The fourth-order valence-corrected chi connectivity index (χ4v) is 6.65. The lowest BCUT2D eigenvalue weighted by Gasteiger charge is -2.35. The van der Waals surface area contributed by atoms with Crippen molar-refractivity contribution in [2.45, 2.75) is 108 Å². The third-order valence-electron chi connectivity index (χ3n) is 8.78. The summed E-state index contributed by atoms with van der Waals surface area (Å²) in [6.45, 7) is 10.1. The Morgan fingerprint density at radius 1 is 0.800 bits per heavy atom. The van der Waals surface area contributed by atoms with Gasteiger partial charge in [-0.25, -0.2) is 0 Å². The Bertz CT molecular complexity index is 1260. The molecule has 3 aliphatic rings. The van der Waals surface area contributed by atoms with E-state index in [1.54, 1.807) is 0 Å². The average Bonchev–Trinajstić information content (AvgIpc) is 3.77. The Kier molecular flexibility index (Phi) is 13.3. The van der Waals surface area contributed by atoms with Crippen LogP contribution in [0.3, 0.4) is 0 Å². The molecule has 2 N–H and O–H groups in total. The molecule has 2 fully saturated rings. The molecule has 0 saturated carbocycles. The number of aliphatic hydroxyl groups excluding tert-OH is 2. The van der Waals surface area contributed by atoms with Crippen LogP contribution in [0.2, 0.25) is 0 Å². The van der Waals surface area contributed by atoms with Gasteiger partial charge in [0.05, 0.1) is 24.9 Å². The number of rotatable bonds is 8. The minimum atomic E-state index is -0.215. The number of aryl methyl sites for hydroxylation is 1. The van der Waals surface area contributed by atoms with E-state index in [4.69, 9.17) is 24.1 Å². The molecule has 5 unspecified atom stereocenters. The topological polar surface area (TPSA) is 77.4 Å². The summed E-state index contributed by atoms with van der Waals surface area (Å²) in [5.41, 5.74) is 5.25. The van der Waals surface area contributed by atoms with Gasteiger partial charge < -0.3 is 29.2 Å². The summed E-state index contributed by atoms with van der Waals surface area (Å²) in [6, 6.07) is 26.2. The summed E-state index contributed by atoms with van der Waals surface area (Å²) >= 11 is 0. The van der Waals surface area contributed by atoms with E-state index in [2.05, 4.69) is 100 Å². The lowest BCUT2D eigenvalue weighted by atomic mass is 9.69. The number of benzene rings is 3. The molecule has 0 amide bonds.